The Balaban J connectivity index is 1.57. The molecule has 4 heterocycles. The molecule has 0 unspecified atom stereocenters. The van der Waals surface area contributed by atoms with Gasteiger partial charge in [0.25, 0.3) is 0 Å². The molecular formula is C24H22BrN3O3. The van der Waals surface area contributed by atoms with E-state index in [1.54, 1.807) is 12.1 Å². The molecule has 3 saturated heterocycles. The lowest BCUT2D eigenvalue weighted by molar-refractivity contribution is -0.135. The van der Waals surface area contributed by atoms with Crippen molar-refractivity contribution in [1.82, 2.24) is 4.90 Å². The Hall–Kier alpha value is -2.51. The van der Waals surface area contributed by atoms with Gasteiger partial charge < -0.3 is 5.32 Å². The summed E-state index contributed by atoms with van der Waals surface area (Å²) in [5.41, 5.74) is 3.13. The normalized spacial score (nSPS) is 31.4. The Morgan fingerprint density at radius 3 is 2.55 bits per heavy atom. The van der Waals surface area contributed by atoms with Gasteiger partial charge in [-0.05, 0) is 63.1 Å². The van der Waals surface area contributed by atoms with Crippen LogP contribution in [0.1, 0.15) is 29.5 Å². The minimum Gasteiger partial charge on any atom is -0.324 e. The topological polar surface area (TPSA) is 69.7 Å². The molecule has 1 spiro atoms. The molecule has 7 heteroatoms. The van der Waals surface area contributed by atoms with Gasteiger partial charge in [0.2, 0.25) is 17.7 Å². The molecule has 4 aliphatic heterocycles. The van der Waals surface area contributed by atoms with Crippen molar-refractivity contribution in [3.8, 4) is 0 Å². The number of nitrogens with one attached hydrogen (secondary N) is 1. The largest absolute Gasteiger partial charge is 0.324 e. The molecule has 6 rings (SSSR count). The lowest BCUT2D eigenvalue weighted by atomic mass is 9.75. The number of halogens is 1. The minimum atomic E-state index is -1.12. The van der Waals surface area contributed by atoms with Crippen LogP contribution in [0.3, 0.4) is 0 Å². The summed E-state index contributed by atoms with van der Waals surface area (Å²) in [6.07, 6.45) is 1.74. The van der Waals surface area contributed by atoms with Gasteiger partial charge in [0, 0.05) is 21.8 Å². The number of nitrogens with zero attached hydrogens (tertiary/aromatic N) is 2. The van der Waals surface area contributed by atoms with Crippen LogP contribution >= 0.6 is 15.9 Å². The molecular weight excluding hydrogens is 458 g/mol. The molecule has 2 aromatic carbocycles. The number of carbonyl (C=O) groups excluding carboxylic acids is 3. The number of carbonyl (C=O) groups is 3. The van der Waals surface area contributed by atoms with E-state index in [2.05, 4.69) is 26.1 Å². The predicted molar refractivity (Wildman–Crippen MR) is 120 cm³/mol. The first-order valence-corrected chi connectivity index (χ1v) is 11.5. The first-order valence-electron chi connectivity index (χ1n) is 10.7. The van der Waals surface area contributed by atoms with E-state index in [1.807, 2.05) is 38.1 Å². The summed E-state index contributed by atoms with van der Waals surface area (Å²) in [5.74, 6) is -1.84. The second-order valence-electron chi connectivity index (χ2n) is 9.12. The van der Waals surface area contributed by atoms with E-state index in [-0.39, 0.29) is 23.8 Å². The van der Waals surface area contributed by atoms with Crippen molar-refractivity contribution >= 4 is 45.0 Å². The maximum atomic E-state index is 13.9. The number of anilines is 2. The zero-order valence-electron chi connectivity index (χ0n) is 17.3. The fourth-order valence-corrected chi connectivity index (χ4v) is 6.77. The zero-order valence-corrected chi connectivity index (χ0v) is 18.9. The highest BCUT2D eigenvalue weighted by Gasteiger charge is 2.74. The minimum absolute atomic E-state index is 0.0978. The third-order valence-electron chi connectivity index (χ3n) is 7.53. The number of benzene rings is 2. The molecule has 3 amide bonds. The monoisotopic (exact) mass is 479 g/mol. The number of hydrogen-bond acceptors (Lipinski definition) is 4. The van der Waals surface area contributed by atoms with Crippen molar-refractivity contribution in [3.63, 3.8) is 0 Å². The second kappa shape index (κ2) is 6.26. The highest BCUT2D eigenvalue weighted by molar-refractivity contribution is 9.10. The smallest absolute Gasteiger partial charge is 0.250 e. The Kier molecular flexibility index (Phi) is 3.88. The molecule has 0 radical (unpaired) electrons. The number of imide groups is 1. The van der Waals surface area contributed by atoms with Gasteiger partial charge in [0.05, 0.1) is 17.5 Å². The zero-order chi connectivity index (χ0) is 21.7. The van der Waals surface area contributed by atoms with Crippen LogP contribution in [0.2, 0.25) is 0 Å². The molecule has 3 fully saturated rings. The molecule has 0 aliphatic carbocycles. The van der Waals surface area contributed by atoms with Gasteiger partial charge in [-0.1, -0.05) is 33.6 Å². The highest BCUT2D eigenvalue weighted by atomic mass is 79.9. The third kappa shape index (κ3) is 2.23. The lowest BCUT2D eigenvalue weighted by Crippen LogP contribution is -2.54. The second-order valence-corrected chi connectivity index (χ2v) is 10.0. The average Bonchev–Trinajstić information content (AvgIpc) is 3.42. The quantitative estimate of drug-likeness (QED) is 0.635. The van der Waals surface area contributed by atoms with Gasteiger partial charge in [-0.25, -0.2) is 4.90 Å². The van der Waals surface area contributed by atoms with Crippen molar-refractivity contribution in [2.45, 2.75) is 38.3 Å². The van der Waals surface area contributed by atoms with Gasteiger partial charge in [-0.3, -0.25) is 19.3 Å². The van der Waals surface area contributed by atoms with Crippen LogP contribution in [0.25, 0.3) is 0 Å². The summed E-state index contributed by atoms with van der Waals surface area (Å²) in [6, 6.07) is 11.2. The fraction of sp³-hybridized carbons (Fsp3) is 0.375. The molecule has 0 aromatic heterocycles. The number of rotatable bonds is 1. The fourth-order valence-electron chi connectivity index (χ4n) is 6.50. The van der Waals surface area contributed by atoms with Gasteiger partial charge >= 0.3 is 0 Å². The first-order chi connectivity index (χ1) is 14.9. The first kappa shape index (κ1) is 19.2. The summed E-state index contributed by atoms with van der Waals surface area (Å²) in [4.78, 5) is 44.7. The Labute approximate surface area is 188 Å². The maximum Gasteiger partial charge on any atom is 0.250 e. The van der Waals surface area contributed by atoms with Gasteiger partial charge in [-0.15, -0.1) is 0 Å². The van der Waals surface area contributed by atoms with E-state index in [1.165, 1.54) is 4.90 Å². The van der Waals surface area contributed by atoms with Crippen molar-refractivity contribution in [2.24, 2.45) is 11.8 Å². The molecule has 6 nitrogen and oxygen atoms in total. The van der Waals surface area contributed by atoms with Crippen LogP contribution in [0, 0.1) is 25.7 Å². The summed E-state index contributed by atoms with van der Waals surface area (Å²) in [5, 5.41) is 3.08. The molecule has 31 heavy (non-hydrogen) atoms. The average molecular weight is 480 g/mol. The van der Waals surface area contributed by atoms with Gasteiger partial charge in [0.15, 0.2) is 0 Å². The van der Waals surface area contributed by atoms with E-state index in [4.69, 9.17) is 0 Å². The van der Waals surface area contributed by atoms with Crippen LogP contribution in [0.15, 0.2) is 40.9 Å². The van der Waals surface area contributed by atoms with Crippen LogP contribution in [0.4, 0.5) is 11.4 Å². The van der Waals surface area contributed by atoms with E-state index in [9.17, 15) is 14.4 Å². The molecule has 0 saturated carbocycles. The maximum absolute atomic E-state index is 13.9. The van der Waals surface area contributed by atoms with Crippen LogP contribution in [-0.2, 0) is 19.9 Å². The third-order valence-corrected chi connectivity index (χ3v) is 8.06. The van der Waals surface area contributed by atoms with Gasteiger partial charge in [0.1, 0.15) is 5.54 Å². The summed E-state index contributed by atoms with van der Waals surface area (Å²) >= 11 is 3.41. The predicted octanol–water partition coefficient (Wildman–Crippen LogP) is 3.50. The van der Waals surface area contributed by atoms with Crippen molar-refractivity contribution < 1.29 is 14.4 Å². The summed E-state index contributed by atoms with van der Waals surface area (Å²) in [6.45, 7) is 4.71. The van der Waals surface area contributed by atoms with E-state index >= 15 is 0 Å². The number of hydrogen-bond donors (Lipinski definition) is 1. The lowest BCUT2D eigenvalue weighted by Gasteiger charge is -2.36. The van der Waals surface area contributed by atoms with Crippen molar-refractivity contribution in [2.75, 3.05) is 16.8 Å². The Bertz CT molecular complexity index is 1180. The molecule has 158 valence electrons. The van der Waals surface area contributed by atoms with E-state index in [0.717, 1.165) is 46.2 Å². The molecule has 4 atom stereocenters. The standard InChI is InChI=1S/C24H22BrN3O3/c1-12-10-13(2)20-16(11-12)24(23(31)26-20)19-18(17-4-3-9-27(17)24)21(29)28(22(19)30)15-7-5-14(25)6-8-15/h5-8,10-11,17-19H,3-4,9H2,1-2H3,(H,26,31)/t17-,18+,19+,24-/m1/s1. The number of fused-ring (bicyclic) bond motifs is 7. The molecule has 2 aromatic rings. The van der Waals surface area contributed by atoms with Crippen LogP contribution in [-0.4, -0.2) is 35.2 Å². The molecule has 4 aliphatic rings. The Morgan fingerprint density at radius 2 is 1.81 bits per heavy atom. The highest BCUT2D eigenvalue weighted by Crippen LogP contribution is 2.61. The van der Waals surface area contributed by atoms with Crippen molar-refractivity contribution in [1.29, 1.82) is 0 Å². The van der Waals surface area contributed by atoms with E-state index < -0.39 is 17.4 Å². The van der Waals surface area contributed by atoms with Gasteiger partial charge in [-0.2, -0.15) is 0 Å². The number of aryl methyl sites for hydroxylation is 2. The van der Waals surface area contributed by atoms with E-state index in [0.29, 0.717) is 5.69 Å². The van der Waals surface area contributed by atoms with Crippen LogP contribution in [0.5, 0.6) is 0 Å². The Morgan fingerprint density at radius 1 is 1.06 bits per heavy atom. The SMILES string of the molecule is Cc1cc(C)c2c(c1)[C@]1(C(=O)N2)[C@@H]2C(=O)N(c3ccc(Br)cc3)C(=O)[C@H]2[C@H]2CCCN21. The molecule has 1 N–H and O–H groups in total. The number of amides is 3. The summed E-state index contributed by atoms with van der Waals surface area (Å²) < 4.78 is 0.879. The van der Waals surface area contributed by atoms with Crippen molar-refractivity contribution in [3.05, 3.63) is 57.6 Å². The summed E-state index contributed by atoms with van der Waals surface area (Å²) in [7, 11) is 0. The van der Waals surface area contributed by atoms with Crippen LogP contribution < -0.4 is 10.2 Å². The molecule has 0 bridgehead atoms.